The zero-order chi connectivity index (χ0) is 45.9. The van der Waals surface area contributed by atoms with Crippen molar-refractivity contribution >= 4 is 45.9 Å². The highest BCUT2D eigenvalue weighted by atomic mass is 19.1. The first-order valence-electron chi connectivity index (χ1n) is 24.7. The van der Waals surface area contributed by atoms with Crippen molar-refractivity contribution < 1.29 is 18.8 Å². The molecular formula is C52H65FN10O3. The topological polar surface area (TPSA) is 134 Å². The van der Waals surface area contributed by atoms with Crippen molar-refractivity contribution in [3.63, 3.8) is 0 Å². The summed E-state index contributed by atoms with van der Waals surface area (Å²) < 4.78 is 19.8. The number of rotatable bonds is 11. The van der Waals surface area contributed by atoms with Gasteiger partial charge in [-0.3, -0.25) is 19.1 Å². The zero-order valence-corrected chi connectivity index (χ0v) is 39.3. The number of nitrogens with one attached hydrogen (secondary N) is 2. The van der Waals surface area contributed by atoms with Crippen LogP contribution in [0.4, 0.5) is 21.6 Å². The van der Waals surface area contributed by atoms with Crippen molar-refractivity contribution in [1.82, 2.24) is 39.4 Å². The van der Waals surface area contributed by atoms with Crippen LogP contribution in [0.3, 0.4) is 0 Å². The fraction of sp³-hybridized carbons (Fsp3) is 0.538. The Morgan fingerprint density at radius 1 is 0.909 bits per heavy atom. The van der Waals surface area contributed by atoms with Crippen LogP contribution in [-0.4, -0.2) is 96.1 Å². The fourth-order valence-electron chi connectivity index (χ4n) is 11.6. The second-order valence-corrected chi connectivity index (χ2v) is 20.5. The van der Waals surface area contributed by atoms with Gasteiger partial charge in [-0.25, -0.2) is 14.4 Å². The number of fused-ring (bicyclic) bond motifs is 3. The van der Waals surface area contributed by atoms with E-state index in [1.165, 1.54) is 57.4 Å². The molecule has 0 unspecified atom stereocenters. The first-order valence-corrected chi connectivity index (χ1v) is 24.7. The molecule has 14 heteroatoms. The van der Waals surface area contributed by atoms with Crippen LogP contribution in [0.25, 0.3) is 22.3 Å². The van der Waals surface area contributed by atoms with Gasteiger partial charge in [-0.1, -0.05) is 37.8 Å². The van der Waals surface area contributed by atoms with Gasteiger partial charge in [-0.05, 0) is 140 Å². The quantitative estimate of drug-likeness (QED) is 0.134. The number of carbonyl (C=O) groups is 3. The van der Waals surface area contributed by atoms with Crippen LogP contribution in [0.1, 0.15) is 143 Å². The number of hydrogen-bond acceptors (Lipinski definition) is 8. The smallest absolute Gasteiger partial charge is 0.257 e. The van der Waals surface area contributed by atoms with Gasteiger partial charge in [0.25, 0.3) is 11.8 Å². The number of imidazole rings is 1. The van der Waals surface area contributed by atoms with Gasteiger partial charge in [0, 0.05) is 66.8 Å². The lowest BCUT2D eigenvalue weighted by Gasteiger charge is -2.48. The van der Waals surface area contributed by atoms with Gasteiger partial charge >= 0.3 is 0 Å². The molecule has 3 aromatic heterocycles. The number of aromatic nitrogens is 5. The Balaban J connectivity index is 0.971. The third-order valence-corrected chi connectivity index (χ3v) is 15.4. The Kier molecular flexibility index (Phi) is 12.0. The molecule has 66 heavy (non-hydrogen) atoms. The largest absolute Gasteiger partial charge is 0.350 e. The molecule has 348 valence electrons. The number of hydrogen-bond donors (Lipinski definition) is 2. The van der Waals surface area contributed by atoms with Gasteiger partial charge in [0.15, 0.2) is 5.82 Å². The summed E-state index contributed by atoms with van der Waals surface area (Å²) in [6.45, 7) is 13.7. The molecule has 0 bridgehead atoms. The van der Waals surface area contributed by atoms with Crippen LogP contribution in [0, 0.1) is 18.7 Å². The Labute approximate surface area is 387 Å². The van der Waals surface area contributed by atoms with Crippen LogP contribution in [0.15, 0.2) is 55.1 Å². The summed E-state index contributed by atoms with van der Waals surface area (Å²) in [6.07, 6.45) is 18.4. The minimum atomic E-state index is -0.741. The minimum Gasteiger partial charge on any atom is -0.350 e. The summed E-state index contributed by atoms with van der Waals surface area (Å²) in [4.78, 5) is 59.0. The molecule has 2 saturated heterocycles. The predicted molar refractivity (Wildman–Crippen MR) is 256 cm³/mol. The monoisotopic (exact) mass is 897 g/mol. The maximum absolute atomic E-state index is 15.8. The molecule has 5 aliphatic rings. The van der Waals surface area contributed by atoms with E-state index in [9.17, 15) is 9.59 Å². The van der Waals surface area contributed by atoms with Crippen molar-refractivity contribution in [2.75, 3.05) is 36.4 Å². The Hall–Kier alpha value is -5.63. The molecule has 2 aromatic carbocycles. The predicted octanol–water partition coefficient (Wildman–Crippen LogP) is 9.32. The van der Waals surface area contributed by atoms with Crippen molar-refractivity contribution in [1.29, 1.82) is 0 Å². The van der Waals surface area contributed by atoms with Crippen molar-refractivity contribution in [2.24, 2.45) is 5.92 Å². The highest BCUT2D eigenvalue weighted by Gasteiger charge is 2.56. The Bertz CT molecular complexity index is 2640. The number of halogens is 1. The molecule has 10 rings (SSSR count). The summed E-state index contributed by atoms with van der Waals surface area (Å²) in [5.74, 6) is 0.369. The van der Waals surface area contributed by atoms with E-state index in [-0.39, 0.29) is 41.5 Å². The highest BCUT2D eigenvalue weighted by Crippen LogP contribution is 2.52. The zero-order valence-electron chi connectivity index (χ0n) is 39.3. The minimum absolute atomic E-state index is 0.0210. The highest BCUT2D eigenvalue weighted by molar-refractivity contribution is 6.10. The van der Waals surface area contributed by atoms with Crippen LogP contribution in [-0.2, 0) is 16.8 Å². The van der Waals surface area contributed by atoms with Crippen molar-refractivity contribution in [2.45, 2.75) is 148 Å². The number of amides is 3. The molecule has 0 atom stereocenters. The third kappa shape index (κ3) is 8.17. The van der Waals surface area contributed by atoms with Gasteiger partial charge in [-0.15, -0.1) is 0 Å². The number of carbonyl (C=O) groups excluding carboxylic acids is 3. The van der Waals surface area contributed by atoms with Crippen molar-refractivity contribution in [3.8, 4) is 11.3 Å². The van der Waals surface area contributed by atoms with Gasteiger partial charge < -0.3 is 29.9 Å². The van der Waals surface area contributed by atoms with E-state index in [2.05, 4.69) is 51.5 Å². The fourth-order valence-corrected chi connectivity index (χ4v) is 11.6. The third-order valence-electron chi connectivity index (χ3n) is 15.4. The number of anilines is 3. The number of piperidine rings is 2. The standard InChI is InChI=1S/C52H65FN10O3/c1-32(2)56-49(64)40-26-44(42(53)22-34(40)5)58-48-47-45(54-31-62(47)33(3)4)27-43(57-48)36-14-15-41-46(23-36)63(39-24-38(25-39)59-18-10-7-11-19-59)51(66)52(41)16-20-60(21-17-52)50(65)37-28-55-61(30-37)29-35-12-8-6-9-13-35/h14-15,22-23,26-28,30-33,35,38-39H,6-13,16-21,24-25,29H2,1-5H3,(H,56,64)(H,57,58)/t38-,39+. The van der Waals surface area contributed by atoms with E-state index in [0.29, 0.717) is 71.6 Å². The first-order chi connectivity index (χ1) is 31.9. The van der Waals surface area contributed by atoms with E-state index in [4.69, 9.17) is 9.97 Å². The van der Waals surface area contributed by atoms with E-state index >= 15 is 9.18 Å². The van der Waals surface area contributed by atoms with Crippen LogP contribution in [0.5, 0.6) is 0 Å². The van der Waals surface area contributed by atoms with Crippen molar-refractivity contribution in [3.05, 3.63) is 83.2 Å². The molecule has 2 saturated carbocycles. The molecule has 5 aromatic rings. The van der Waals surface area contributed by atoms with Gasteiger partial charge in [0.2, 0.25) is 5.91 Å². The molecule has 13 nitrogen and oxygen atoms in total. The average Bonchev–Trinajstić information content (AvgIpc) is 4.01. The molecule has 2 N–H and O–H groups in total. The molecular weight excluding hydrogens is 832 g/mol. The summed E-state index contributed by atoms with van der Waals surface area (Å²) >= 11 is 0. The van der Waals surface area contributed by atoms with E-state index < -0.39 is 11.2 Å². The molecule has 1 spiro atoms. The molecule has 4 fully saturated rings. The maximum atomic E-state index is 15.8. The van der Waals surface area contributed by atoms with Gasteiger partial charge in [0.05, 0.1) is 40.4 Å². The molecule has 3 aliphatic heterocycles. The molecule has 2 aliphatic carbocycles. The molecule has 3 amide bonds. The normalized spacial score (nSPS) is 21.2. The number of pyridine rings is 1. The lowest BCUT2D eigenvalue weighted by molar-refractivity contribution is -0.125. The number of likely N-dealkylation sites (tertiary alicyclic amines) is 2. The van der Waals surface area contributed by atoms with E-state index in [0.717, 1.165) is 54.8 Å². The number of aryl methyl sites for hydroxylation is 1. The van der Waals surface area contributed by atoms with Gasteiger partial charge in [0.1, 0.15) is 11.3 Å². The lowest BCUT2D eigenvalue weighted by Crippen LogP contribution is -2.58. The SMILES string of the molecule is Cc1cc(F)c(Nc2nc(-c3ccc4c(c3)N([C@H]3C[C@@H](N5CCCCC5)C3)C(=O)C43CCN(C(=O)c4cnn(CC5CCCCC5)c4)CC3)cc3ncn(C(C)C)c23)cc1C(=O)NC(C)C. The second-order valence-electron chi connectivity index (χ2n) is 20.5. The first kappa shape index (κ1) is 44.2. The van der Waals surface area contributed by atoms with Crippen LogP contribution >= 0.6 is 0 Å². The van der Waals surface area contributed by atoms with Gasteiger partial charge in [-0.2, -0.15) is 5.10 Å². The summed E-state index contributed by atoms with van der Waals surface area (Å²) in [6, 6.07) is 11.7. The summed E-state index contributed by atoms with van der Waals surface area (Å²) in [7, 11) is 0. The number of benzene rings is 2. The Morgan fingerprint density at radius 2 is 1.65 bits per heavy atom. The second kappa shape index (κ2) is 17.9. The Morgan fingerprint density at radius 3 is 2.38 bits per heavy atom. The molecule has 0 radical (unpaired) electrons. The van der Waals surface area contributed by atoms with Crippen LogP contribution < -0.4 is 15.5 Å². The lowest BCUT2D eigenvalue weighted by atomic mass is 9.73. The van der Waals surface area contributed by atoms with Crippen LogP contribution in [0.2, 0.25) is 0 Å². The summed E-state index contributed by atoms with van der Waals surface area (Å²) in [5, 5.41) is 10.8. The number of nitrogens with zero attached hydrogens (tertiary/aromatic N) is 8. The molecule has 6 heterocycles. The van der Waals surface area contributed by atoms with E-state index in [1.807, 2.05) is 46.3 Å². The summed E-state index contributed by atoms with van der Waals surface area (Å²) in [5.41, 5.74) is 5.70. The maximum Gasteiger partial charge on any atom is 0.257 e. The van der Waals surface area contributed by atoms with E-state index in [1.54, 1.807) is 25.5 Å². The average molecular weight is 897 g/mol.